The molecule has 1 saturated heterocycles. The molecule has 3 N–H and O–H groups in total. The summed E-state index contributed by atoms with van der Waals surface area (Å²) in [6.45, 7) is 12.4. The average Bonchev–Trinajstić information content (AvgIpc) is 2.82. The Hall–Kier alpha value is -2.30. The zero-order chi connectivity index (χ0) is 19.4. The largest absolute Gasteiger partial charge is 0.393 e. The first-order chi connectivity index (χ1) is 12.7. The third kappa shape index (κ3) is 3.35. The van der Waals surface area contributed by atoms with Crippen molar-refractivity contribution in [3.63, 3.8) is 0 Å². The maximum Gasteiger partial charge on any atom is 0.159 e. The highest BCUT2D eigenvalue weighted by molar-refractivity contribution is 5.79. The van der Waals surface area contributed by atoms with Gasteiger partial charge in [-0.1, -0.05) is 26.8 Å². The van der Waals surface area contributed by atoms with Crippen LogP contribution >= 0.6 is 0 Å². The lowest BCUT2D eigenvalue weighted by atomic mass is 9.65. The molecular weight excluding hydrogens is 334 g/mol. The molecule has 2 atom stereocenters. The normalized spacial score (nSPS) is 26.3. The predicted molar refractivity (Wildman–Crippen MR) is 113 cm³/mol. The van der Waals surface area contributed by atoms with Crippen molar-refractivity contribution in [2.24, 2.45) is 10.8 Å². The number of nitrogen functional groups attached to an aromatic ring is 1. The lowest BCUT2D eigenvalue weighted by Crippen LogP contribution is -2.35. The van der Waals surface area contributed by atoms with Gasteiger partial charge in [-0.2, -0.15) is 0 Å². The molecule has 5 heteroatoms. The summed E-state index contributed by atoms with van der Waals surface area (Å²) in [5, 5.41) is 3.39. The molecule has 1 aliphatic heterocycles. The van der Waals surface area contributed by atoms with Crippen LogP contribution in [0.1, 0.15) is 51.2 Å². The second-order valence-electron chi connectivity index (χ2n) is 9.73. The lowest BCUT2D eigenvalue weighted by Gasteiger charge is -2.39. The van der Waals surface area contributed by atoms with Crippen LogP contribution in [0.15, 0.2) is 24.5 Å². The van der Waals surface area contributed by atoms with Gasteiger partial charge in [0.25, 0.3) is 0 Å². The number of aryl methyl sites for hydroxylation is 2. The molecule has 2 heterocycles. The summed E-state index contributed by atoms with van der Waals surface area (Å²) >= 11 is 0. The maximum atomic E-state index is 6.54. The Morgan fingerprint density at radius 1 is 1.11 bits per heavy atom. The van der Waals surface area contributed by atoms with E-state index in [4.69, 9.17) is 5.73 Å². The molecule has 1 saturated carbocycles. The van der Waals surface area contributed by atoms with E-state index in [1.54, 1.807) is 6.33 Å². The van der Waals surface area contributed by atoms with Crippen LogP contribution in [0.25, 0.3) is 0 Å². The van der Waals surface area contributed by atoms with E-state index in [0.29, 0.717) is 28.4 Å². The molecule has 2 unspecified atom stereocenters. The molecule has 1 aliphatic carbocycles. The molecule has 5 nitrogen and oxygen atoms in total. The fourth-order valence-electron chi connectivity index (χ4n) is 5.38. The second kappa shape index (κ2) is 6.11. The Labute approximate surface area is 162 Å². The molecule has 144 valence electrons. The van der Waals surface area contributed by atoms with E-state index < -0.39 is 0 Å². The maximum absolute atomic E-state index is 6.54. The van der Waals surface area contributed by atoms with Gasteiger partial charge in [-0.3, -0.25) is 0 Å². The van der Waals surface area contributed by atoms with Gasteiger partial charge < -0.3 is 16.0 Å². The molecule has 1 aromatic carbocycles. The molecule has 1 aromatic heterocycles. The third-order valence-corrected chi connectivity index (χ3v) is 6.32. The topological polar surface area (TPSA) is 67.1 Å². The number of rotatable bonds is 3. The average molecular weight is 366 g/mol. The fraction of sp³-hybridized carbons (Fsp3) is 0.545. The first kappa shape index (κ1) is 18.1. The van der Waals surface area contributed by atoms with Gasteiger partial charge in [-0.15, -0.1) is 0 Å². The van der Waals surface area contributed by atoms with Crippen molar-refractivity contribution < 1.29 is 0 Å². The predicted octanol–water partition coefficient (Wildman–Crippen LogP) is 4.82. The molecule has 0 spiro atoms. The lowest BCUT2D eigenvalue weighted by molar-refractivity contribution is 0.136. The van der Waals surface area contributed by atoms with Gasteiger partial charge in [0, 0.05) is 18.3 Å². The van der Waals surface area contributed by atoms with Crippen LogP contribution in [0.5, 0.6) is 0 Å². The van der Waals surface area contributed by atoms with Crippen molar-refractivity contribution in [2.45, 2.75) is 59.9 Å². The zero-order valence-corrected chi connectivity index (χ0v) is 17.1. The highest BCUT2D eigenvalue weighted by Crippen LogP contribution is 2.54. The minimum atomic E-state index is 0.339. The molecule has 27 heavy (non-hydrogen) atoms. The zero-order valence-electron chi connectivity index (χ0n) is 17.1. The molecule has 2 aliphatic rings. The van der Waals surface area contributed by atoms with E-state index in [1.165, 1.54) is 30.4 Å². The first-order valence-corrected chi connectivity index (χ1v) is 9.87. The molecule has 2 bridgehead atoms. The van der Waals surface area contributed by atoms with E-state index in [9.17, 15) is 0 Å². The minimum Gasteiger partial charge on any atom is -0.393 e. The number of anilines is 4. The summed E-state index contributed by atoms with van der Waals surface area (Å²) in [6.07, 6.45) is 5.29. The Morgan fingerprint density at radius 3 is 2.63 bits per heavy atom. The number of hydrogen-bond acceptors (Lipinski definition) is 5. The van der Waals surface area contributed by atoms with Gasteiger partial charge in [-0.05, 0) is 67.2 Å². The number of nitrogens with zero attached hydrogens (tertiary/aromatic N) is 3. The van der Waals surface area contributed by atoms with Gasteiger partial charge in [-0.25, -0.2) is 9.97 Å². The monoisotopic (exact) mass is 365 g/mol. The summed E-state index contributed by atoms with van der Waals surface area (Å²) in [4.78, 5) is 11.4. The first-order valence-electron chi connectivity index (χ1n) is 9.87. The molecule has 2 fully saturated rings. The molecule has 2 aromatic rings. The standard InChI is InChI=1S/C22H31N5/c1-14-6-7-16(8-15(14)2)26-19-18(23)20(25-13-24-19)27-12-22(5)10-17(27)9-21(3,4)11-22/h6-8,13,17H,9-12,23H2,1-5H3,(H,24,25,26). The van der Waals surface area contributed by atoms with Crippen molar-refractivity contribution >= 4 is 23.0 Å². The van der Waals surface area contributed by atoms with Crippen molar-refractivity contribution in [2.75, 3.05) is 22.5 Å². The van der Waals surface area contributed by atoms with E-state index in [0.717, 1.165) is 18.1 Å². The van der Waals surface area contributed by atoms with Crippen molar-refractivity contribution in [3.05, 3.63) is 35.7 Å². The van der Waals surface area contributed by atoms with E-state index >= 15 is 0 Å². The molecule has 0 radical (unpaired) electrons. The number of nitrogens with two attached hydrogens (primary N) is 1. The summed E-state index contributed by atoms with van der Waals surface area (Å²) in [5.74, 6) is 1.57. The van der Waals surface area contributed by atoms with Crippen LogP contribution in [0, 0.1) is 24.7 Å². The summed E-state index contributed by atoms with van der Waals surface area (Å²) in [7, 11) is 0. The van der Waals surface area contributed by atoms with Crippen molar-refractivity contribution in [1.29, 1.82) is 0 Å². The van der Waals surface area contributed by atoms with E-state index in [2.05, 4.69) is 73.0 Å². The van der Waals surface area contributed by atoms with Gasteiger partial charge in [0.05, 0.1) is 0 Å². The number of benzene rings is 1. The van der Waals surface area contributed by atoms with Gasteiger partial charge in [0.15, 0.2) is 11.6 Å². The Bertz CT molecular complexity index is 875. The SMILES string of the molecule is Cc1ccc(Nc2ncnc(N3CC4(C)CC3CC(C)(C)C4)c2N)cc1C. The molecule has 0 amide bonds. The highest BCUT2D eigenvalue weighted by Gasteiger charge is 2.50. The second-order valence-corrected chi connectivity index (χ2v) is 9.73. The van der Waals surface area contributed by atoms with Crippen LogP contribution in [-0.4, -0.2) is 22.6 Å². The smallest absolute Gasteiger partial charge is 0.159 e. The summed E-state index contributed by atoms with van der Waals surface area (Å²) in [6, 6.07) is 6.81. The number of hydrogen-bond donors (Lipinski definition) is 2. The fourth-order valence-corrected chi connectivity index (χ4v) is 5.38. The highest BCUT2D eigenvalue weighted by atomic mass is 15.3. The van der Waals surface area contributed by atoms with Crippen molar-refractivity contribution in [1.82, 2.24) is 9.97 Å². The number of aromatic nitrogens is 2. The minimum absolute atomic E-state index is 0.339. The summed E-state index contributed by atoms with van der Waals surface area (Å²) < 4.78 is 0. The Balaban J connectivity index is 1.64. The Kier molecular flexibility index (Phi) is 4.09. The molecular formula is C22H31N5. The van der Waals surface area contributed by atoms with Crippen LogP contribution in [-0.2, 0) is 0 Å². The summed E-state index contributed by atoms with van der Waals surface area (Å²) in [5.41, 5.74) is 11.4. The van der Waals surface area contributed by atoms with Crippen LogP contribution in [0.4, 0.5) is 23.0 Å². The van der Waals surface area contributed by atoms with Gasteiger partial charge >= 0.3 is 0 Å². The quantitative estimate of drug-likeness (QED) is 0.816. The van der Waals surface area contributed by atoms with Crippen LogP contribution < -0.4 is 16.0 Å². The van der Waals surface area contributed by atoms with Crippen LogP contribution in [0.2, 0.25) is 0 Å². The number of nitrogens with one attached hydrogen (secondary N) is 1. The third-order valence-electron chi connectivity index (χ3n) is 6.32. The van der Waals surface area contributed by atoms with Gasteiger partial charge in [0.2, 0.25) is 0 Å². The Morgan fingerprint density at radius 2 is 1.89 bits per heavy atom. The van der Waals surface area contributed by atoms with E-state index in [1.807, 2.05) is 0 Å². The van der Waals surface area contributed by atoms with Crippen LogP contribution in [0.3, 0.4) is 0 Å². The number of fused-ring (bicyclic) bond motifs is 2. The van der Waals surface area contributed by atoms with Gasteiger partial charge in [0.1, 0.15) is 12.0 Å². The molecule has 4 rings (SSSR count). The van der Waals surface area contributed by atoms with E-state index in [-0.39, 0.29) is 0 Å². The van der Waals surface area contributed by atoms with Crippen molar-refractivity contribution in [3.8, 4) is 0 Å².